The maximum atomic E-state index is 11.4. The fraction of sp³-hybridized carbons (Fsp3) is 0.727. The van der Waals surface area contributed by atoms with E-state index in [1.165, 1.54) is 0 Å². The van der Waals surface area contributed by atoms with Crippen LogP contribution >= 0.6 is 0 Å². The largest absolute Gasteiger partial charge is 0.394 e. The Hall–Kier alpha value is -1.03. The fourth-order valence-electron chi connectivity index (χ4n) is 1.29. The predicted octanol–water partition coefficient (Wildman–Crippen LogP) is 0.520. The van der Waals surface area contributed by atoms with Crippen LogP contribution in [0.2, 0.25) is 0 Å². The second-order valence-corrected chi connectivity index (χ2v) is 3.25. The van der Waals surface area contributed by atoms with Gasteiger partial charge in [0.05, 0.1) is 0 Å². The molecule has 0 atom stereocenters. The minimum absolute atomic E-state index is 0.0995. The predicted molar refractivity (Wildman–Crippen MR) is 63.6 cm³/mol. The minimum atomic E-state index is 0.0995. The summed E-state index contributed by atoms with van der Waals surface area (Å²) in [6.45, 7) is 7.62. The summed E-state index contributed by atoms with van der Waals surface area (Å²) in [5.41, 5.74) is 0. The van der Waals surface area contributed by atoms with E-state index >= 15 is 0 Å². The van der Waals surface area contributed by atoms with Crippen LogP contribution in [0.3, 0.4) is 0 Å². The monoisotopic (exact) mass is 213 g/mol. The van der Waals surface area contributed by atoms with Crippen LogP contribution in [0.25, 0.3) is 0 Å². The molecule has 0 spiro atoms. The van der Waals surface area contributed by atoms with Crippen molar-refractivity contribution >= 4 is 5.91 Å². The van der Waals surface area contributed by atoms with Crippen LogP contribution in [-0.2, 0) is 4.79 Å². The Morgan fingerprint density at radius 3 is 2.20 bits per heavy atom. The van der Waals surface area contributed by atoms with E-state index in [1.807, 2.05) is 18.7 Å². The number of rotatable bonds is 2. The summed E-state index contributed by atoms with van der Waals surface area (Å²) in [6, 6.07) is 0. The summed E-state index contributed by atoms with van der Waals surface area (Å²) in [4.78, 5) is 15.5. The molecule has 0 aromatic rings. The average molecular weight is 213 g/mol. The van der Waals surface area contributed by atoms with E-state index in [0.29, 0.717) is 0 Å². The summed E-state index contributed by atoms with van der Waals surface area (Å²) in [6.07, 6.45) is 3.24. The zero-order valence-electron chi connectivity index (χ0n) is 10.3. The van der Waals surface area contributed by atoms with E-state index < -0.39 is 0 Å². The maximum Gasteiger partial charge on any atom is 0.248 e. The smallest absolute Gasteiger partial charge is 0.248 e. The summed E-state index contributed by atoms with van der Waals surface area (Å²) in [5, 5.41) is 2.81. The number of amides is 1. The van der Waals surface area contributed by atoms with Gasteiger partial charge in [-0.15, -0.1) is 0 Å². The number of nitrogens with zero attached hydrogens (tertiary/aromatic N) is 2. The summed E-state index contributed by atoms with van der Waals surface area (Å²) in [7, 11) is 3.86. The molecule has 1 aliphatic rings. The van der Waals surface area contributed by atoms with Crippen molar-refractivity contribution in [3.05, 3.63) is 12.3 Å². The van der Waals surface area contributed by atoms with Crippen LogP contribution in [0.15, 0.2) is 12.3 Å². The lowest BCUT2D eigenvalue weighted by molar-refractivity contribution is -0.127. The molecule has 0 aliphatic carbocycles. The highest BCUT2D eigenvalue weighted by Gasteiger charge is 2.16. The Labute approximate surface area is 92.9 Å². The van der Waals surface area contributed by atoms with Gasteiger partial charge in [-0.1, -0.05) is 13.8 Å². The van der Waals surface area contributed by atoms with Crippen molar-refractivity contribution in [1.82, 2.24) is 15.1 Å². The third-order valence-corrected chi connectivity index (χ3v) is 2.21. The van der Waals surface area contributed by atoms with Crippen LogP contribution in [0.1, 0.15) is 13.8 Å². The molecule has 1 rings (SSSR count). The second kappa shape index (κ2) is 8.29. The molecule has 0 unspecified atom stereocenters. The van der Waals surface area contributed by atoms with Gasteiger partial charge in [0.15, 0.2) is 0 Å². The molecule has 1 amide bonds. The molecule has 0 aromatic carbocycles. The molecule has 1 saturated heterocycles. The SMILES string of the molecule is CC.CN/C=C/C(=O)N1CCN(C)CC1. The fourth-order valence-corrected chi connectivity index (χ4v) is 1.29. The highest BCUT2D eigenvalue weighted by molar-refractivity contribution is 5.87. The van der Waals surface area contributed by atoms with E-state index in [9.17, 15) is 4.79 Å². The van der Waals surface area contributed by atoms with Crippen molar-refractivity contribution in [2.75, 3.05) is 40.3 Å². The first kappa shape index (κ1) is 14.0. The molecule has 1 heterocycles. The first-order valence-electron chi connectivity index (χ1n) is 5.55. The molecule has 0 saturated carbocycles. The van der Waals surface area contributed by atoms with Crippen molar-refractivity contribution < 1.29 is 4.79 Å². The van der Waals surface area contributed by atoms with Gasteiger partial charge in [0.2, 0.25) is 5.91 Å². The molecular formula is C11H23N3O. The van der Waals surface area contributed by atoms with Crippen LogP contribution in [0.5, 0.6) is 0 Å². The summed E-state index contributed by atoms with van der Waals surface area (Å²) in [5.74, 6) is 0.0995. The normalized spacial score (nSPS) is 17.2. The van der Waals surface area contributed by atoms with Crippen LogP contribution < -0.4 is 5.32 Å². The van der Waals surface area contributed by atoms with Gasteiger partial charge in [0.25, 0.3) is 0 Å². The van der Waals surface area contributed by atoms with Crippen molar-refractivity contribution in [1.29, 1.82) is 0 Å². The zero-order chi connectivity index (χ0) is 11.7. The Kier molecular flexibility index (Phi) is 7.72. The van der Waals surface area contributed by atoms with Crippen LogP contribution in [0.4, 0.5) is 0 Å². The Balaban J connectivity index is 0.000000921. The number of nitrogens with one attached hydrogen (secondary N) is 1. The Bertz CT molecular complexity index is 196. The summed E-state index contributed by atoms with van der Waals surface area (Å²) >= 11 is 0. The molecule has 1 fully saturated rings. The van der Waals surface area contributed by atoms with Gasteiger partial charge >= 0.3 is 0 Å². The van der Waals surface area contributed by atoms with Gasteiger partial charge in [0, 0.05) is 45.5 Å². The summed E-state index contributed by atoms with van der Waals surface area (Å²) < 4.78 is 0. The first-order chi connectivity index (χ1) is 7.24. The number of carbonyl (C=O) groups excluding carboxylic acids is 1. The Morgan fingerprint density at radius 1 is 1.20 bits per heavy atom. The Morgan fingerprint density at radius 2 is 1.73 bits per heavy atom. The average Bonchev–Trinajstić information content (AvgIpc) is 2.29. The molecule has 15 heavy (non-hydrogen) atoms. The van der Waals surface area contributed by atoms with Gasteiger partial charge in [-0.25, -0.2) is 0 Å². The van der Waals surface area contributed by atoms with E-state index in [2.05, 4.69) is 17.3 Å². The quantitative estimate of drug-likeness (QED) is 0.679. The molecule has 1 N–H and O–H groups in total. The van der Waals surface area contributed by atoms with E-state index in [0.717, 1.165) is 26.2 Å². The molecule has 0 aromatic heterocycles. The minimum Gasteiger partial charge on any atom is -0.394 e. The number of piperazine rings is 1. The maximum absolute atomic E-state index is 11.4. The number of hydrogen-bond donors (Lipinski definition) is 1. The lowest BCUT2D eigenvalue weighted by Crippen LogP contribution is -2.46. The van der Waals surface area contributed by atoms with Crippen molar-refractivity contribution in [3.63, 3.8) is 0 Å². The molecule has 0 bridgehead atoms. The second-order valence-electron chi connectivity index (χ2n) is 3.25. The van der Waals surface area contributed by atoms with E-state index in [-0.39, 0.29) is 5.91 Å². The number of likely N-dealkylation sites (N-methyl/N-ethyl adjacent to an activating group) is 1. The van der Waals surface area contributed by atoms with E-state index in [1.54, 1.807) is 19.3 Å². The van der Waals surface area contributed by atoms with Gasteiger partial charge in [-0.2, -0.15) is 0 Å². The number of carbonyl (C=O) groups is 1. The van der Waals surface area contributed by atoms with Gasteiger partial charge in [0.1, 0.15) is 0 Å². The van der Waals surface area contributed by atoms with Gasteiger partial charge in [-0.05, 0) is 7.05 Å². The van der Waals surface area contributed by atoms with Gasteiger partial charge in [-0.3, -0.25) is 4.79 Å². The molecule has 1 aliphatic heterocycles. The molecule has 0 radical (unpaired) electrons. The molecule has 88 valence electrons. The van der Waals surface area contributed by atoms with Gasteiger partial charge < -0.3 is 15.1 Å². The highest BCUT2D eigenvalue weighted by atomic mass is 16.2. The molecule has 4 heteroatoms. The highest BCUT2D eigenvalue weighted by Crippen LogP contribution is 1.99. The van der Waals surface area contributed by atoms with Crippen molar-refractivity contribution in [2.45, 2.75) is 13.8 Å². The van der Waals surface area contributed by atoms with E-state index in [4.69, 9.17) is 0 Å². The third-order valence-electron chi connectivity index (χ3n) is 2.21. The topological polar surface area (TPSA) is 35.6 Å². The lowest BCUT2D eigenvalue weighted by Gasteiger charge is -2.31. The van der Waals surface area contributed by atoms with Crippen molar-refractivity contribution in [3.8, 4) is 0 Å². The zero-order valence-corrected chi connectivity index (χ0v) is 10.3. The first-order valence-corrected chi connectivity index (χ1v) is 5.55. The van der Waals surface area contributed by atoms with Crippen LogP contribution in [-0.4, -0.2) is 56.0 Å². The van der Waals surface area contributed by atoms with Crippen LogP contribution in [0, 0.1) is 0 Å². The molecule has 4 nitrogen and oxygen atoms in total. The van der Waals surface area contributed by atoms with Crippen molar-refractivity contribution in [2.24, 2.45) is 0 Å². The molecular weight excluding hydrogens is 190 g/mol. The number of hydrogen-bond acceptors (Lipinski definition) is 3. The standard InChI is InChI=1S/C9H17N3O.C2H6/c1-10-4-3-9(13)12-7-5-11(2)6-8-12;1-2/h3-4,10H,5-8H2,1-2H3;1-2H3/b4-3+;. The lowest BCUT2D eigenvalue weighted by atomic mass is 10.3. The third kappa shape index (κ3) is 5.42.